The van der Waals surface area contributed by atoms with Gasteiger partial charge in [0.15, 0.2) is 6.10 Å². The Hall–Kier alpha value is -3.16. The van der Waals surface area contributed by atoms with E-state index in [-0.39, 0.29) is 11.8 Å². The number of fused-ring (bicyclic) bond motifs is 1. The number of amides is 2. The molecule has 0 spiro atoms. The van der Waals surface area contributed by atoms with Gasteiger partial charge in [0.1, 0.15) is 11.7 Å². The Bertz CT molecular complexity index is 1120. The number of hydrogen-bond donors (Lipinski definition) is 0. The topological polar surface area (TPSA) is 59.1 Å². The van der Waals surface area contributed by atoms with Gasteiger partial charge in [0, 0.05) is 4.47 Å². The molecule has 0 N–H and O–H groups in total. The highest BCUT2D eigenvalue weighted by Gasteiger charge is 2.60. The summed E-state index contributed by atoms with van der Waals surface area (Å²) in [7, 11) is 1.61. The van der Waals surface area contributed by atoms with Gasteiger partial charge in [-0.3, -0.25) is 14.4 Å². The third-order valence-electron chi connectivity index (χ3n) is 5.67. The third kappa shape index (κ3) is 3.30. The number of hydrogen-bond acceptors (Lipinski definition) is 5. The third-order valence-corrected chi connectivity index (χ3v) is 6.20. The van der Waals surface area contributed by atoms with Crippen molar-refractivity contribution in [3.8, 4) is 5.75 Å². The van der Waals surface area contributed by atoms with Gasteiger partial charge in [0.2, 0.25) is 5.91 Å². The average molecular weight is 479 g/mol. The Kier molecular flexibility index (Phi) is 5.00. The number of nitrogens with zero attached hydrogens (tertiary/aromatic N) is 2. The van der Waals surface area contributed by atoms with Gasteiger partial charge in [-0.1, -0.05) is 46.3 Å². The van der Waals surface area contributed by atoms with E-state index in [1.165, 1.54) is 4.90 Å². The van der Waals surface area contributed by atoms with Crippen LogP contribution in [0.25, 0.3) is 0 Å². The molecule has 2 saturated heterocycles. The van der Waals surface area contributed by atoms with Crippen molar-refractivity contribution < 1.29 is 19.2 Å². The highest BCUT2D eigenvalue weighted by Crippen LogP contribution is 2.47. The molecule has 2 aliphatic rings. The number of rotatable bonds is 4. The van der Waals surface area contributed by atoms with Crippen LogP contribution in [0.2, 0.25) is 0 Å². The lowest BCUT2D eigenvalue weighted by Crippen LogP contribution is -2.37. The second-order valence-corrected chi connectivity index (χ2v) is 8.34. The van der Waals surface area contributed by atoms with E-state index in [1.54, 1.807) is 24.3 Å². The summed E-state index contributed by atoms with van der Waals surface area (Å²) < 4.78 is 6.15. The Morgan fingerprint density at radius 2 is 1.52 bits per heavy atom. The van der Waals surface area contributed by atoms with Crippen LogP contribution in [0.4, 0.5) is 11.4 Å². The number of imide groups is 1. The van der Waals surface area contributed by atoms with Crippen molar-refractivity contribution in [1.82, 2.24) is 0 Å². The fourth-order valence-electron chi connectivity index (χ4n) is 4.20. The number of hydroxylamine groups is 1. The van der Waals surface area contributed by atoms with Gasteiger partial charge >= 0.3 is 0 Å². The highest BCUT2D eigenvalue weighted by atomic mass is 79.9. The van der Waals surface area contributed by atoms with Crippen LogP contribution in [0.3, 0.4) is 0 Å². The van der Waals surface area contributed by atoms with Crippen molar-refractivity contribution in [2.45, 2.75) is 12.1 Å². The Labute approximate surface area is 188 Å². The maximum atomic E-state index is 13.5. The van der Waals surface area contributed by atoms with Crippen molar-refractivity contribution in [2.75, 3.05) is 17.1 Å². The summed E-state index contributed by atoms with van der Waals surface area (Å²) in [6.45, 7) is 0. The predicted octanol–water partition coefficient (Wildman–Crippen LogP) is 4.51. The summed E-state index contributed by atoms with van der Waals surface area (Å²) in [6, 6.07) is 23.7. The molecule has 2 aliphatic heterocycles. The summed E-state index contributed by atoms with van der Waals surface area (Å²) >= 11 is 3.39. The molecule has 3 aromatic carbocycles. The van der Waals surface area contributed by atoms with E-state index in [9.17, 15) is 9.59 Å². The molecule has 6 nitrogen and oxygen atoms in total. The van der Waals surface area contributed by atoms with Gasteiger partial charge in [0.05, 0.1) is 24.5 Å². The van der Waals surface area contributed by atoms with E-state index in [2.05, 4.69) is 15.9 Å². The smallest absolute Gasteiger partial charge is 0.266 e. The van der Waals surface area contributed by atoms with Gasteiger partial charge < -0.3 is 4.74 Å². The lowest BCUT2D eigenvalue weighted by molar-refractivity contribution is -0.126. The largest absolute Gasteiger partial charge is 0.497 e. The number of anilines is 2. The summed E-state index contributed by atoms with van der Waals surface area (Å²) in [5, 5.41) is 1.69. The first-order valence-electron chi connectivity index (χ1n) is 9.87. The average Bonchev–Trinajstić information content (AvgIpc) is 3.31. The monoisotopic (exact) mass is 478 g/mol. The van der Waals surface area contributed by atoms with Crippen molar-refractivity contribution in [1.29, 1.82) is 0 Å². The van der Waals surface area contributed by atoms with Crippen molar-refractivity contribution >= 4 is 39.1 Å². The zero-order valence-electron chi connectivity index (χ0n) is 16.6. The fourth-order valence-corrected chi connectivity index (χ4v) is 4.46. The molecule has 0 aromatic heterocycles. The Morgan fingerprint density at radius 3 is 2.16 bits per heavy atom. The number of carbonyl (C=O) groups excluding carboxylic acids is 2. The molecule has 3 aromatic rings. The number of ether oxygens (including phenoxy) is 1. The van der Waals surface area contributed by atoms with Gasteiger partial charge in [-0.15, -0.1) is 0 Å². The van der Waals surface area contributed by atoms with Crippen LogP contribution in [-0.4, -0.2) is 25.0 Å². The van der Waals surface area contributed by atoms with Crippen LogP contribution in [0.5, 0.6) is 5.75 Å². The van der Waals surface area contributed by atoms with Gasteiger partial charge in [-0.05, 0) is 54.1 Å². The summed E-state index contributed by atoms with van der Waals surface area (Å²) in [6.07, 6.45) is -0.886. The lowest BCUT2D eigenvalue weighted by atomic mass is 9.90. The number of methoxy groups -OCH3 is 1. The SMILES string of the molecule is COc1ccc([C@H]2[C@H]3C(=O)N(c4ccc(Br)cc4)C(=O)[C@@H]3ON2c2ccccc2)cc1. The molecule has 5 rings (SSSR count). The number of para-hydroxylation sites is 1. The molecule has 0 aliphatic carbocycles. The first-order chi connectivity index (χ1) is 15.1. The molecular weight excluding hydrogens is 460 g/mol. The number of halogens is 1. The first kappa shape index (κ1) is 19.8. The lowest BCUT2D eigenvalue weighted by Gasteiger charge is -2.28. The quantitative estimate of drug-likeness (QED) is 0.516. The van der Waals surface area contributed by atoms with E-state index in [4.69, 9.17) is 9.57 Å². The minimum absolute atomic E-state index is 0.267. The standard InChI is InChI=1S/C24H19BrN2O4/c1-30-19-13-7-15(8-14-19)21-20-22(31-27(21)18-5-3-2-4-6-18)24(29)26(23(20)28)17-11-9-16(25)10-12-17/h2-14,20-22H,1H3/t20-,21+,22-/m1/s1. The zero-order chi connectivity index (χ0) is 21.5. The van der Waals surface area contributed by atoms with Gasteiger partial charge in [-0.2, -0.15) is 0 Å². The molecule has 0 unspecified atom stereocenters. The number of carbonyl (C=O) groups is 2. The second-order valence-electron chi connectivity index (χ2n) is 7.42. The van der Waals surface area contributed by atoms with Crippen LogP contribution in [0, 0.1) is 5.92 Å². The molecule has 2 fully saturated rings. The van der Waals surface area contributed by atoms with Crippen LogP contribution in [-0.2, 0) is 14.4 Å². The maximum absolute atomic E-state index is 13.5. The molecule has 7 heteroatoms. The minimum Gasteiger partial charge on any atom is -0.497 e. The van der Waals surface area contributed by atoms with E-state index in [1.807, 2.05) is 66.7 Å². The van der Waals surface area contributed by atoms with Gasteiger partial charge in [-0.25, -0.2) is 9.96 Å². The molecule has 0 radical (unpaired) electrons. The zero-order valence-corrected chi connectivity index (χ0v) is 18.2. The first-order valence-corrected chi connectivity index (χ1v) is 10.7. The molecular formula is C24H19BrN2O4. The second kappa shape index (κ2) is 7.83. The summed E-state index contributed by atoms with van der Waals surface area (Å²) in [5.41, 5.74) is 2.19. The van der Waals surface area contributed by atoms with Crippen LogP contribution in [0.1, 0.15) is 11.6 Å². The number of benzene rings is 3. The maximum Gasteiger partial charge on any atom is 0.266 e. The molecule has 2 amide bonds. The molecule has 31 heavy (non-hydrogen) atoms. The predicted molar refractivity (Wildman–Crippen MR) is 120 cm³/mol. The molecule has 0 bridgehead atoms. The van der Waals surface area contributed by atoms with Crippen LogP contribution >= 0.6 is 15.9 Å². The van der Waals surface area contributed by atoms with E-state index in [0.717, 1.165) is 21.5 Å². The van der Waals surface area contributed by atoms with Gasteiger partial charge in [0.25, 0.3) is 5.91 Å². The summed E-state index contributed by atoms with van der Waals surface area (Å²) in [5.74, 6) is -0.564. The van der Waals surface area contributed by atoms with Crippen molar-refractivity contribution in [2.24, 2.45) is 5.92 Å². The van der Waals surface area contributed by atoms with Crippen molar-refractivity contribution in [3.05, 3.63) is 88.9 Å². The Morgan fingerprint density at radius 1 is 0.839 bits per heavy atom. The molecule has 3 atom stereocenters. The van der Waals surface area contributed by atoms with Crippen LogP contribution in [0.15, 0.2) is 83.3 Å². The minimum atomic E-state index is -0.886. The van der Waals surface area contributed by atoms with E-state index >= 15 is 0 Å². The summed E-state index contributed by atoms with van der Waals surface area (Å²) in [4.78, 5) is 34.2. The molecule has 2 heterocycles. The fraction of sp³-hybridized carbons (Fsp3) is 0.167. The van der Waals surface area contributed by atoms with Crippen LogP contribution < -0.4 is 14.7 Å². The Balaban J connectivity index is 1.57. The van der Waals surface area contributed by atoms with Crippen molar-refractivity contribution in [3.63, 3.8) is 0 Å². The molecule has 156 valence electrons. The van der Waals surface area contributed by atoms with E-state index < -0.39 is 18.1 Å². The molecule has 0 saturated carbocycles. The highest BCUT2D eigenvalue weighted by molar-refractivity contribution is 9.10. The normalized spacial score (nSPS) is 22.7. The van der Waals surface area contributed by atoms with E-state index in [0.29, 0.717) is 5.69 Å².